The number of ether oxygens (including phenoxy) is 2. The van der Waals surface area contributed by atoms with E-state index in [0.717, 1.165) is 25.7 Å². The molecular weight excluding hydrogens is 220 g/mol. The van der Waals surface area contributed by atoms with Crippen molar-refractivity contribution in [2.45, 2.75) is 32.1 Å². The van der Waals surface area contributed by atoms with E-state index in [1.807, 2.05) is 0 Å². The van der Waals surface area contributed by atoms with Crippen LogP contribution in [0.4, 0.5) is 0 Å². The van der Waals surface area contributed by atoms with Gasteiger partial charge in [-0.25, -0.2) is 4.79 Å². The Morgan fingerprint density at radius 2 is 1.71 bits per heavy atom. The lowest BCUT2D eigenvalue weighted by atomic mass is 9.77. The second-order valence-electron chi connectivity index (χ2n) is 4.42. The minimum Gasteiger partial charge on any atom is -0.469 e. The molecule has 1 aliphatic carbocycles. The Balaban J connectivity index is 2.82. The molecule has 17 heavy (non-hydrogen) atoms. The van der Waals surface area contributed by atoms with E-state index < -0.39 is 11.9 Å². The number of hydrogen-bond donors (Lipinski definition) is 0. The van der Waals surface area contributed by atoms with Gasteiger partial charge in [-0.1, -0.05) is 25.8 Å². The van der Waals surface area contributed by atoms with Crippen LogP contribution < -0.4 is 0 Å². The number of esters is 2. The summed E-state index contributed by atoms with van der Waals surface area (Å²) >= 11 is 0. The maximum absolute atomic E-state index is 11.8. The van der Waals surface area contributed by atoms with Crippen LogP contribution in [0.5, 0.6) is 0 Å². The first-order chi connectivity index (χ1) is 8.11. The van der Waals surface area contributed by atoms with Gasteiger partial charge in [0.1, 0.15) is 0 Å². The van der Waals surface area contributed by atoms with Crippen molar-refractivity contribution in [3.63, 3.8) is 0 Å². The third-order valence-electron chi connectivity index (χ3n) is 3.40. The molecule has 0 bridgehead atoms. The molecule has 96 valence electrons. The highest BCUT2D eigenvalue weighted by Gasteiger charge is 2.35. The number of carbonyl (C=O) groups excluding carboxylic acids is 2. The van der Waals surface area contributed by atoms with Crippen LogP contribution in [-0.2, 0) is 19.1 Å². The standard InChI is InChI=1S/C13H20O4/c1-9(12(14)16-2)11(13(15)17-3)10-7-5-4-6-8-10/h10-11H,1,4-8H2,2-3H3. The Hall–Kier alpha value is -1.32. The summed E-state index contributed by atoms with van der Waals surface area (Å²) < 4.78 is 9.41. The van der Waals surface area contributed by atoms with Crippen molar-refractivity contribution in [2.24, 2.45) is 11.8 Å². The van der Waals surface area contributed by atoms with Crippen molar-refractivity contribution in [3.05, 3.63) is 12.2 Å². The number of hydrogen-bond acceptors (Lipinski definition) is 4. The summed E-state index contributed by atoms with van der Waals surface area (Å²) in [6.07, 6.45) is 5.25. The average Bonchev–Trinajstić information content (AvgIpc) is 2.38. The minimum absolute atomic E-state index is 0.155. The van der Waals surface area contributed by atoms with Crippen molar-refractivity contribution in [1.29, 1.82) is 0 Å². The van der Waals surface area contributed by atoms with E-state index in [1.54, 1.807) is 0 Å². The van der Waals surface area contributed by atoms with Gasteiger partial charge in [0.05, 0.1) is 20.1 Å². The maximum atomic E-state index is 11.8. The van der Waals surface area contributed by atoms with Gasteiger partial charge in [-0.15, -0.1) is 0 Å². The zero-order chi connectivity index (χ0) is 12.8. The van der Waals surface area contributed by atoms with Gasteiger partial charge in [0.15, 0.2) is 0 Å². The smallest absolute Gasteiger partial charge is 0.334 e. The van der Waals surface area contributed by atoms with Gasteiger partial charge in [0, 0.05) is 5.57 Å². The summed E-state index contributed by atoms with van der Waals surface area (Å²) in [6.45, 7) is 3.69. The number of rotatable bonds is 4. The van der Waals surface area contributed by atoms with Crippen LogP contribution in [0.15, 0.2) is 12.2 Å². The SMILES string of the molecule is C=C(C(=O)OC)C(C(=O)OC)C1CCCCC1. The monoisotopic (exact) mass is 240 g/mol. The molecule has 0 aromatic carbocycles. The molecule has 0 heterocycles. The highest BCUT2D eigenvalue weighted by Crippen LogP contribution is 2.34. The van der Waals surface area contributed by atoms with Crippen molar-refractivity contribution >= 4 is 11.9 Å². The van der Waals surface area contributed by atoms with Crippen molar-refractivity contribution < 1.29 is 19.1 Å². The molecule has 1 rings (SSSR count). The first kappa shape index (κ1) is 13.7. The fraction of sp³-hybridized carbons (Fsp3) is 0.692. The lowest BCUT2D eigenvalue weighted by molar-refractivity contribution is -0.149. The van der Waals surface area contributed by atoms with E-state index in [2.05, 4.69) is 11.3 Å². The fourth-order valence-electron chi connectivity index (χ4n) is 2.47. The predicted octanol–water partition coefficient (Wildman–Crippen LogP) is 2.09. The van der Waals surface area contributed by atoms with E-state index in [4.69, 9.17) is 4.74 Å². The van der Waals surface area contributed by atoms with Crippen LogP contribution in [0, 0.1) is 11.8 Å². The van der Waals surface area contributed by atoms with Crippen molar-refractivity contribution in [2.75, 3.05) is 14.2 Å². The van der Waals surface area contributed by atoms with Gasteiger partial charge < -0.3 is 9.47 Å². The lowest BCUT2D eigenvalue weighted by Gasteiger charge is -2.28. The molecule has 0 aromatic heterocycles. The Morgan fingerprint density at radius 1 is 1.12 bits per heavy atom. The fourth-order valence-corrected chi connectivity index (χ4v) is 2.47. The van der Waals surface area contributed by atoms with E-state index in [-0.39, 0.29) is 17.5 Å². The normalized spacial score (nSPS) is 18.2. The Labute approximate surface area is 102 Å². The summed E-state index contributed by atoms with van der Waals surface area (Å²) in [5, 5.41) is 0. The summed E-state index contributed by atoms with van der Waals surface area (Å²) in [7, 11) is 2.63. The largest absolute Gasteiger partial charge is 0.469 e. The zero-order valence-corrected chi connectivity index (χ0v) is 10.5. The molecule has 0 N–H and O–H groups in total. The molecule has 4 nitrogen and oxygen atoms in total. The highest BCUT2D eigenvalue weighted by molar-refractivity contribution is 5.95. The number of carbonyl (C=O) groups is 2. The predicted molar refractivity (Wildman–Crippen MR) is 63.2 cm³/mol. The Kier molecular flexibility index (Phi) is 5.19. The molecule has 1 unspecified atom stereocenters. The van der Waals surface area contributed by atoms with Crippen LogP contribution in [-0.4, -0.2) is 26.2 Å². The van der Waals surface area contributed by atoms with Gasteiger partial charge in [-0.2, -0.15) is 0 Å². The molecule has 0 aromatic rings. The minimum atomic E-state index is -0.548. The first-order valence-electron chi connectivity index (χ1n) is 5.96. The molecule has 1 atom stereocenters. The second-order valence-corrected chi connectivity index (χ2v) is 4.42. The third kappa shape index (κ3) is 3.32. The molecular formula is C13H20O4. The van der Waals surface area contributed by atoms with Crippen molar-refractivity contribution in [3.8, 4) is 0 Å². The van der Waals surface area contributed by atoms with E-state index in [1.165, 1.54) is 20.6 Å². The molecule has 0 saturated heterocycles. The third-order valence-corrected chi connectivity index (χ3v) is 3.40. The molecule has 1 aliphatic rings. The summed E-state index contributed by atoms with van der Waals surface area (Å²) in [4.78, 5) is 23.3. The van der Waals surface area contributed by atoms with Crippen LogP contribution >= 0.6 is 0 Å². The summed E-state index contributed by atoms with van der Waals surface area (Å²) in [5.74, 6) is -1.30. The maximum Gasteiger partial charge on any atom is 0.334 e. The van der Waals surface area contributed by atoms with Gasteiger partial charge >= 0.3 is 11.9 Å². The van der Waals surface area contributed by atoms with Crippen LogP contribution in [0.2, 0.25) is 0 Å². The van der Waals surface area contributed by atoms with E-state index >= 15 is 0 Å². The topological polar surface area (TPSA) is 52.6 Å². The highest BCUT2D eigenvalue weighted by atomic mass is 16.5. The van der Waals surface area contributed by atoms with Gasteiger partial charge in [0.25, 0.3) is 0 Å². The zero-order valence-electron chi connectivity index (χ0n) is 10.5. The first-order valence-corrected chi connectivity index (χ1v) is 5.96. The van der Waals surface area contributed by atoms with E-state index in [9.17, 15) is 9.59 Å². The molecule has 0 aliphatic heterocycles. The van der Waals surface area contributed by atoms with Gasteiger partial charge in [-0.05, 0) is 18.8 Å². The van der Waals surface area contributed by atoms with Gasteiger partial charge in [-0.3, -0.25) is 4.79 Å². The van der Waals surface area contributed by atoms with Crippen LogP contribution in [0.3, 0.4) is 0 Å². The molecule has 0 spiro atoms. The van der Waals surface area contributed by atoms with Crippen LogP contribution in [0.25, 0.3) is 0 Å². The molecule has 1 fully saturated rings. The van der Waals surface area contributed by atoms with Crippen LogP contribution in [0.1, 0.15) is 32.1 Å². The lowest BCUT2D eigenvalue weighted by Crippen LogP contribution is -2.31. The molecule has 0 amide bonds. The molecule has 1 saturated carbocycles. The van der Waals surface area contributed by atoms with Gasteiger partial charge in [0.2, 0.25) is 0 Å². The molecule has 4 heteroatoms. The second kappa shape index (κ2) is 6.42. The Morgan fingerprint density at radius 3 is 2.18 bits per heavy atom. The quantitative estimate of drug-likeness (QED) is 0.557. The Bertz CT molecular complexity index is 303. The average molecular weight is 240 g/mol. The molecule has 0 radical (unpaired) electrons. The summed E-state index contributed by atoms with van der Waals surface area (Å²) in [6, 6.07) is 0. The van der Waals surface area contributed by atoms with Crippen molar-refractivity contribution in [1.82, 2.24) is 0 Å². The summed E-state index contributed by atoms with van der Waals surface area (Å²) in [5.41, 5.74) is 0.214. The van der Waals surface area contributed by atoms with E-state index in [0.29, 0.717) is 0 Å². The number of methoxy groups -OCH3 is 2.